The van der Waals surface area contributed by atoms with Crippen LogP contribution in [0, 0.1) is 0 Å². The number of ketones is 1. The Balaban J connectivity index is 1.55. The monoisotopic (exact) mass is 515 g/mol. The summed E-state index contributed by atoms with van der Waals surface area (Å²) in [4.78, 5) is 26.3. The maximum absolute atomic E-state index is 13.5. The molecule has 6 heteroatoms. The van der Waals surface area contributed by atoms with E-state index in [9.17, 15) is 9.59 Å². The highest BCUT2D eigenvalue weighted by Gasteiger charge is 2.42. The molecule has 0 bridgehead atoms. The number of carbonyl (C=O) groups is 2. The van der Waals surface area contributed by atoms with Crippen molar-refractivity contribution in [3.63, 3.8) is 0 Å². The van der Waals surface area contributed by atoms with Gasteiger partial charge in [-0.3, -0.25) is 4.79 Å². The maximum atomic E-state index is 13.5. The smallest absolute Gasteiger partial charge is 0.336 e. The molecule has 0 radical (unpaired) electrons. The second kappa shape index (κ2) is 8.95. The van der Waals surface area contributed by atoms with Gasteiger partial charge in [-0.25, -0.2) is 4.79 Å². The first-order valence-electron chi connectivity index (χ1n) is 10.9. The molecule has 3 aromatic rings. The number of rotatable bonds is 5. The molecule has 0 saturated heterocycles. The van der Waals surface area contributed by atoms with Gasteiger partial charge in [-0.05, 0) is 46.1 Å². The van der Waals surface area contributed by atoms with Crippen molar-refractivity contribution >= 4 is 33.4 Å². The zero-order valence-electron chi connectivity index (χ0n) is 18.7. The molecule has 0 saturated carbocycles. The van der Waals surface area contributed by atoms with Crippen LogP contribution < -0.4 is 10.1 Å². The number of ether oxygens (including phenoxy) is 2. The number of halogens is 1. The van der Waals surface area contributed by atoms with Crippen LogP contribution in [0.2, 0.25) is 0 Å². The van der Waals surface area contributed by atoms with Crippen LogP contribution >= 0.6 is 15.9 Å². The van der Waals surface area contributed by atoms with E-state index in [1.807, 2.05) is 79.7 Å². The van der Waals surface area contributed by atoms with Crippen LogP contribution in [0.3, 0.4) is 0 Å². The molecule has 1 aliphatic carbocycles. The van der Waals surface area contributed by atoms with E-state index < -0.39 is 11.9 Å². The largest absolute Gasteiger partial charge is 0.488 e. The first-order chi connectivity index (χ1) is 16.5. The Morgan fingerprint density at radius 2 is 1.71 bits per heavy atom. The Kier molecular flexibility index (Phi) is 5.84. The molecule has 2 aliphatic rings. The van der Waals surface area contributed by atoms with Crippen molar-refractivity contribution in [2.24, 2.45) is 0 Å². The molecular weight excluding hydrogens is 494 g/mol. The van der Waals surface area contributed by atoms with Gasteiger partial charge in [0.05, 0.1) is 22.9 Å². The molecule has 0 amide bonds. The summed E-state index contributed by atoms with van der Waals surface area (Å²) in [6, 6.07) is 23.1. The van der Waals surface area contributed by atoms with E-state index in [1.165, 1.54) is 7.11 Å². The Bertz CT molecular complexity index is 1370. The minimum atomic E-state index is -0.567. The fraction of sp³-hybridized carbons (Fsp3) is 0.143. The quantitative estimate of drug-likeness (QED) is 0.437. The highest BCUT2D eigenvalue weighted by atomic mass is 79.9. The van der Waals surface area contributed by atoms with Crippen molar-refractivity contribution in [3.8, 4) is 5.75 Å². The van der Waals surface area contributed by atoms with Crippen molar-refractivity contribution in [1.82, 2.24) is 5.32 Å². The molecule has 1 heterocycles. The average molecular weight is 516 g/mol. The molecule has 3 aromatic carbocycles. The van der Waals surface area contributed by atoms with Gasteiger partial charge in [0.15, 0.2) is 5.78 Å². The molecule has 1 N–H and O–H groups in total. The van der Waals surface area contributed by atoms with Crippen molar-refractivity contribution in [3.05, 3.63) is 116 Å². The number of dihydropyridines is 1. The minimum Gasteiger partial charge on any atom is -0.488 e. The molecule has 5 rings (SSSR count). The van der Waals surface area contributed by atoms with Crippen LogP contribution in [0.25, 0.3) is 5.70 Å². The Labute approximate surface area is 206 Å². The van der Waals surface area contributed by atoms with E-state index in [-0.39, 0.29) is 5.78 Å². The molecule has 1 atom stereocenters. The molecule has 5 nitrogen and oxygen atoms in total. The maximum Gasteiger partial charge on any atom is 0.336 e. The lowest BCUT2D eigenvalue weighted by Gasteiger charge is -2.29. The second-order valence-electron chi connectivity index (χ2n) is 8.22. The van der Waals surface area contributed by atoms with Crippen LogP contribution in [0.15, 0.2) is 94.1 Å². The van der Waals surface area contributed by atoms with E-state index in [1.54, 1.807) is 0 Å². The zero-order valence-corrected chi connectivity index (χ0v) is 20.3. The lowest BCUT2D eigenvalue weighted by Crippen LogP contribution is -2.29. The number of allylic oxidation sites excluding steroid dienone is 2. The van der Waals surface area contributed by atoms with Crippen molar-refractivity contribution in [1.29, 1.82) is 0 Å². The van der Waals surface area contributed by atoms with Crippen LogP contribution in [0.5, 0.6) is 5.75 Å². The molecule has 0 spiro atoms. The Hall–Kier alpha value is -3.64. The summed E-state index contributed by atoms with van der Waals surface area (Å²) in [7, 11) is 1.35. The second-order valence-corrected chi connectivity index (χ2v) is 9.07. The van der Waals surface area contributed by atoms with Gasteiger partial charge < -0.3 is 14.8 Å². The SMILES string of the molecule is COC(=O)C1=C(C)NC2=C(C(=O)c3ccccc32)[C@H]1c1ccc(OCc2ccccc2)c(Br)c1. The fourth-order valence-electron chi connectivity index (χ4n) is 4.59. The van der Waals surface area contributed by atoms with Crippen LogP contribution in [-0.2, 0) is 16.1 Å². The number of carbonyl (C=O) groups excluding carboxylic acids is 2. The standard InChI is InChI=1S/C28H22BrNO4/c1-16-23(28(32)33-2)24(25-26(30-16)19-10-6-7-11-20(19)27(25)31)18-12-13-22(21(29)14-18)34-15-17-8-4-3-5-9-17/h3-14,24,30H,15H2,1-2H3/t24-/m0/s1. The van der Waals surface area contributed by atoms with Crippen LogP contribution in [0.1, 0.15) is 39.9 Å². The number of Topliss-reactive ketones (excluding diaryl/α,β-unsaturated/α-hetero) is 1. The van der Waals surface area contributed by atoms with Crippen molar-refractivity contribution in [2.75, 3.05) is 7.11 Å². The normalized spacial score (nSPS) is 16.7. The van der Waals surface area contributed by atoms with E-state index in [4.69, 9.17) is 9.47 Å². The first kappa shape index (κ1) is 22.2. The van der Waals surface area contributed by atoms with Crippen molar-refractivity contribution in [2.45, 2.75) is 19.4 Å². The predicted octanol–water partition coefficient (Wildman–Crippen LogP) is 5.77. The third-order valence-corrected chi connectivity index (χ3v) is 6.80. The zero-order chi connectivity index (χ0) is 23.8. The molecule has 0 unspecified atom stereocenters. The first-order valence-corrected chi connectivity index (χ1v) is 11.7. The Morgan fingerprint density at radius 3 is 2.41 bits per heavy atom. The summed E-state index contributed by atoms with van der Waals surface area (Å²) in [6.45, 7) is 2.27. The number of methoxy groups -OCH3 is 1. The summed E-state index contributed by atoms with van der Waals surface area (Å²) < 4.78 is 11.8. The molecular formula is C28H22BrNO4. The molecule has 1 aliphatic heterocycles. The number of hydrogen-bond donors (Lipinski definition) is 1. The lowest BCUT2D eigenvalue weighted by atomic mass is 9.80. The summed E-state index contributed by atoms with van der Waals surface area (Å²) >= 11 is 3.62. The number of fused-ring (bicyclic) bond motifs is 2. The lowest BCUT2D eigenvalue weighted by molar-refractivity contribution is -0.136. The van der Waals surface area contributed by atoms with Gasteiger partial charge in [0.1, 0.15) is 12.4 Å². The summed E-state index contributed by atoms with van der Waals surface area (Å²) in [5.74, 6) is -0.441. The number of benzene rings is 3. The topological polar surface area (TPSA) is 64.6 Å². The third kappa shape index (κ3) is 3.74. The van der Waals surface area contributed by atoms with Gasteiger partial charge in [-0.15, -0.1) is 0 Å². The molecule has 0 fully saturated rings. The Morgan fingerprint density at radius 1 is 1.00 bits per heavy atom. The van der Waals surface area contributed by atoms with E-state index in [2.05, 4.69) is 21.2 Å². The average Bonchev–Trinajstić information content (AvgIpc) is 3.14. The van der Waals surface area contributed by atoms with E-state index in [0.717, 1.165) is 26.9 Å². The third-order valence-electron chi connectivity index (χ3n) is 6.18. The number of nitrogens with one attached hydrogen (secondary N) is 1. The van der Waals surface area contributed by atoms with Gasteiger partial charge in [-0.2, -0.15) is 0 Å². The van der Waals surface area contributed by atoms with Crippen LogP contribution in [0.4, 0.5) is 0 Å². The van der Waals surface area contributed by atoms with E-state index >= 15 is 0 Å². The fourth-order valence-corrected chi connectivity index (χ4v) is 5.10. The summed E-state index contributed by atoms with van der Waals surface area (Å²) in [6.07, 6.45) is 0. The predicted molar refractivity (Wildman–Crippen MR) is 133 cm³/mol. The number of hydrogen-bond acceptors (Lipinski definition) is 5. The minimum absolute atomic E-state index is 0.0856. The highest BCUT2D eigenvalue weighted by molar-refractivity contribution is 9.10. The molecule has 34 heavy (non-hydrogen) atoms. The molecule has 170 valence electrons. The number of esters is 1. The summed E-state index contributed by atoms with van der Waals surface area (Å²) in [5, 5.41) is 3.30. The summed E-state index contributed by atoms with van der Waals surface area (Å²) in [5.41, 5.74) is 5.73. The van der Waals surface area contributed by atoms with E-state index in [0.29, 0.717) is 34.8 Å². The molecule has 0 aromatic heterocycles. The van der Waals surface area contributed by atoms with Gasteiger partial charge in [0, 0.05) is 28.3 Å². The van der Waals surface area contributed by atoms with Crippen LogP contribution in [-0.4, -0.2) is 18.9 Å². The van der Waals surface area contributed by atoms with Gasteiger partial charge in [0.2, 0.25) is 0 Å². The highest BCUT2D eigenvalue weighted by Crippen LogP contribution is 2.47. The van der Waals surface area contributed by atoms with Gasteiger partial charge >= 0.3 is 5.97 Å². The van der Waals surface area contributed by atoms with Gasteiger partial charge in [0.25, 0.3) is 0 Å². The van der Waals surface area contributed by atoms with Gasteiger partial charge in [-0.1, -0.05) is 60.7 Å². The van der Waals surface area contributed by atoms with Crippen molar-refractivity contribution < 1.29 is 19.1 Å².